The quantitative estimate of drug-likeness (QED) is 0.803. The van der Waals surface area contributed by atoms with Crippen LogP contribution in [0.25, 0.3) is 0 Å². The lowest BCUT2D eigenvalue weighted by Crippen LogP contribution is -2.29. The van der Waals surface area contributed by atoms with E-state index >= 15 is 0 Å². The molecular weight excluding hydrogens is 354 g/mol. The first-order valence-electron chi connectivity index (χ1n) is 8.04. The van der Waals surface area contributed by atoms with Gasteiger partial charge in [0.1, 0.15) is 0 Å². The van der Waals surface area contributed by atoms with E-state index < -0.39 is 15.8 Å². The lowest BCUT2D eigenvalue weighted by atomic mass is 10.1. The van der Waals surface area contributed by atoms with Crippen molar-refractivity contribution in [3.63, 3.8) is 0 Å². The molecule has 0 saturated carbocycles. The summed E-state index contributed by atoms with van der Waals surface area (Å²) in [5.41, 5.74) is 1.95. The molecule has 0 aliphatic carbocycles. The highest BCUT2D eigenvalue weighted by molar-refractivity contribution is 7.90. The van der Waals surface area contributed by atoms with Crippen molar-refractivity contribution in [1.29, 1.82) is 0 Å². The summed E-state index contributed by atoms with van der Waals surface area (Å²) in [6.07, 6.45) is -0.130. The standard InChI is InChI=1S/C19H21NO5S/c1-14-3-9-17(10-4-14)26(24,25)13-15-5-7-16(8-6-15)19(23)20(2)12-11-18(21)22/h3-10H,11-13H2,1-2H3,(H,21,22). The van der Waals surface area contributed by atoms with E-state index in [2.05, 4.69) is 0 Å². The van der Waals surface area contributed by atoms with Gasteiger partial charge in [0.2, 0.25) is 0 Å². The Morgan fingerprint density at radius 3 is 2.12 bits per heavy atom. The van der Waals surface area contributed by atoms with E-state index in [0.29, 0.717) is 11.1 Å². The molecule has 0 spiro atoms. The minimum Gasteiger partial charge on any atom is -0.481 e. The maximum Gasteiger partial charge on any atom is 0.305 e. The van der Waals surface area contributed by atoms with Crippen LogP contribution >= 0.6 is 0 Å². The molecular formula is C19H21NO5S. The molecule has 26 heavy (non-hydrogen) atoms. The van der Waals surface area contributed by atoms with Crippen molar-refractivity contribution in [2.75, 3.05) is 13.6 Å². The molecule has 1 amide bonds. The molecule has 2 rings (SSSR count). The molecule has 7 heteroatoms. The van der Waals surface area contributed by atoms with E-state index in [1.54, 1.807) is 48.5 Å². The minimum absolute atomic E-state index is 0.109. The molecule has 2 aromatic carbocycles. The monoisotopic (exact) mass is 375 g/mol. The smallest absolute Gasteiger partial charge is 0.305 e. The second-order valence-electron chi connectivity index (χ2n) is 6.14. The van der Waals surface area contributed by atoms with Gasteiger partial charge < -0.3 is 10.0 Å². The van der Waals surface area contributed by atoms with Gasteiger partial charge in [-0.05, 0) is 36.8 Å². The van der Waals surface area contributed by atoms with Crippen LogP contribution in [-0.4, -0.2) is 43.9 Å². The zero-order valence-electron chi connectivity index (χ0n) is 14.7. The molecule has 0 fully saturated rings. The van der Waals surface area contributed by atoms with Gasteiger partial charge in [0, 0.05) is 19.2 Å². The maximum atomic E-state index is 12.5. The van der Waals surface area contributed by atoms with Crippen molar-refractivity contribution in [2.45, 2.75) is 24.0 Å². The average molecular weight is 375 g/mol. The van der Waals surface area contributed by atoms with Crippen molar-refractivity contribution in [3.8, 4) is 0 Å². The Kier molecular flexibility index (Phi) is 6.15. The number of carbonyl (C=O) groups excluding carboxylic acids is 1. The van der Waals surface area contributed by atoms with E-state index in [1.807, 2.05) is 6.92 Å². The second-order valence-corrected chi connectivity index (χ2v) is 8.13. The van der Waals surface area contributed by atoms with Crippen molar-refractivity contribution < 1.29 is 23.1 Å². The van der Waals surface area contributed by atoms with Gasteiger partial charge in [0.15, 0.2) is 9.84 Å². The van der Waals surface area contributed by atoms with Crippen molar-refractivity contribution in [3.05, 3.63) is 65.2 Å². The lowest BCUT2D eigenvalue weighted by molar-refractivity contribution is -0.137. The Morgan fingerprint density at radius 2 is 1.58 bits per heavy atom. The zero-order chi connectivity index (χ0) is 19.3. The van der Waals surface area contributed by atoms with Crippen LogP contribution in [-0.2, 0) is 20.4 Å². The van der Waals surface area contributed by atoms with Gasteiger partial charge in [-0.25, -0.2) is 8.42 Å². The molecule has 0 aliphatic rings. The van der Waals surface area contributed by atoms with Gasteiger partial charge in [-0.15, -0.1) is 0 Å². The number of benzene rings is 2. The number of amides is 1. The summed E-state index contributed by atoms with van der Waals surface area (Å²) >= 11 is 0. The van der Waals surface area contributed by atoms with Crippen molar-refractivity contribution in [2.24, 2.45) is 0 Å². The summed E-state index contributed by atoms with van der Waals surface area (Å²) in [4.78, 5) is 24.4. The number of carboxylic acid groups (broad SMARTS) is 1. The van der Waals surface area contributed by atoms with Crippen LogP contribution < -0.4 is 0 Å². The number of aryl methyl sites for hydroxylation is 1. The summed E-state index contributed by atoms with van der Waals surface area (Å²) in [5, 5.41) is 8.67. The van der Waals surface area contributed by atoms with Crippen LogP contribution in [0, 0.1) is 6.92 Å². The Hall–Kier alpha value is -2.67. The normalized spacial score (nSPS) is 11.2. The summed E-state index contributed by atoms with van der Waals surface area (Å²) < 4.78 is 24.9. The third-order valence-electron chi connectivity index (χ3n) is 3.95. The predicted octanol–water partition coefficient (Wildman–Crippen LogP) is 2.52. The minimum atomic E-state index is -3.46. The molecule has 6 nitrogen and oxygen atoms in total. The highest BCUT2D eigenvalue weighted by Crippen LogP contribution is 2.18. The highest BCUT2D eigenvalue weighted by Gasteiger charge is 2.17. The number of hydrogen-bond donors (Lipinski definition) is 1. The SMILES string of the molecule is Cc1ccc(S(=O)(=O)Cc2ccc(C(=O)N(C)CCC(=O)O)cc2)cc1. The number of aliphatic carboxylic acids is 1. The fraction of sp³-hybridized carbons (Fsp3) is 0.263. The Morgan fingerprint density at radius 1 is 1.00 bits per heavy atom. The van der Waals surface area contributed by atoms with E-state index in [1.165, 1.54) is 11.9 Å². The van der Waals surface area contributed by atoms with Gasteiger partial charge in [0.25, 0.3) is 5.91 Å². The number of carbonyl (C=O) groups is 2. The van der Waals surface area contributed by atoms with Gasteiger partial charge in [-0.1, -0.05) is 29.8 Å². The summed E-state index contributed by atoms with van der Waals surface area (Å²) in [6.45, 7) is 2.00. The predicted molar refractivity (Wildman–Crippen MR) is 97.7 cm³/mol. The summed E-state index contributed by atoms with van der Waals surface area (Å²) in [7, 11) is -1.93. The fourth-order valence-electron chi connectivity index (χ4n) is 2.38. The number of nitrogens with zero attached hydrogens (tertiary/aromatic N) is 1. The fourth-order valence-corrected chi connectivity index (χ4v) is 3.73. The third kappa shape index (κ3) is 5.16. The Labute approximate surface area is 153 Å². The number of carboxylic acids is 1. The first-order valence-corrected chi connectivity index (χ1v) is 9.70. The van der Waals surface area contributed by atoms with Gasteiger partial charge in [0.05, 0.1) is 17.1 Å². The van der Waals surface area contributed by atoms with Crippen molar-refractivity contribution >= 4 is 21.7 Å². The number of rotatable bonds is 7. The number of sulfone groups is 1. The molecule has 2 aromatic rings. The van der Waals surface area contributed by atoms with E-state index in [0.717, 1.165) is 5.56 Å². The Bertz CT molecular complexity index is 887. The Balaban J connectivity index is 2.08. The maximum absolute atomic E-state index is 12.5. The number of hydrogen-bond acceptors (Lipinski definition) is 4. The molecule has 0 aromatic heterocycles. The molecule has 0 unspecified atom stereocenters. The van der Waals surface area contributed by atoms with Crippen LogP contribution in [0.15, 0.2) is 53.4 Å². The van der Waals surface area contributed by atoms with Gasteiger partial charge in [-0.3, -0.25) is 9.59 Å². The topological polar surface area (TPSA) is 91.8 Å². The van der Waals surface area contributed by atoms with Crippen LogP contribution in [0.4, 0.5) is 0 Å². The van der Waals surface area contributed by atoms with Gasteiger partial charge >= 0.3 is 5.97 Å². The molecule has 1 N–H and O–H groups in total. The molecule has 0 radical (unpaired) electrons. The highest BCUT2D eigenvalue weighted by atomic mass is 32.2. The molecule has 0 aliphatic heterocycles. The van der Waals surface area contributed by atoms with Crippen LogP contribution in [0.2, 0.25) is 0 Å². The molecule has 0 atom stereocenters. The summed E-state index contributed by atoms with van der Waals surface area (Å²) in [5.74, 6) is -1.43. The lowest BCUT2D eigenvalue weighted by Gasteiger charge is -2.16. The van der Waals surface area contributed by atoms with E-state index in [-0.39, 0.29) is 29.5 Å². The first-order chi connectivity index (χ1) is 12.2. The zero-order valence-corrected chi connectivity index (χ0v) is 15.5. The van der Waals surface area contributed by atoms with Crippen LogP contribution in [0.3, 0.4) is 0 Å². The van der Waals surface area contributed by atoms with Gasteiger partial charge in [-0.2, -0.15) is 0 Å². The molecule has 0 saturated heterocycles. The van der Waals surface area contributed by atoms with E-state index in [4.69, 9.17) is 5.11 Å². The first kappa shape index (κ1) is 19.7. The van der Waals surface area contributed by atoms with Crippen molar-refractivity contribution in [1.82, 2.24) is 4.90 Å². The van der Waals surface area contributed by atoms with E-state index in [9.17, 15) is 18.0 Å². The molecule has 138 valence electrons. The van der Waals surface area contributed by atoms with Crippen LogP contribution in [0.1, 0.15) is 27.9 Å². The average Bonchev–Trinajstić information content (AvgIpc) is 2.59. The summed E-state index contributed by atoms with van der Waals surface area (Å²) in [6, 6.07) is 13.0. The second kappa shape index (κ2) is 8.14. The largest absolute Gasteiger partial charge is 0.481 e. The molecule has 0 heterocycles. The van der Waals surface area contributed by atoms with Crippen LogP contribution in [0.5, 0.6) is 0 Å². The third-order valence-corrected chi connectivity index (χ3v) is 5.65. The molecule has 0 bridgehead atoms.